The number of benzene rings is 1. The molecular formula is C17H19NO3. The number of amides is 1. The van der Waals surface area contributed by atoms with E-state index in [4.69, 9.17) is 9.15 Å². The van der Waals surface area contributed by atoms with Gasteiger partial charge in [-0.05, 0) is 30.5 Å². The average molecular weight is 285 g/mol. The van der Waals surface area contributed by atoms with Crippen molar-refractivity contribution in [2.45, 2.75) is 32.0 Å². The van der Waals surface area contributed by atoms with Crippen molar-refractivity contribution in [2.75, 3.05) is 6.61 Å². The van der Waals surface area contributed by atoms with Gasteiger partial charge in [0.15, 0.2) is 0 Å². The van der Waals surface area contributed by atoms with Gasteiger partial charge in [0.25, 0.3) is 5.91 Å². The molecule has 0 N–H and O–H groups in total. The van der Waals surface area contributed by atoms with Crippen LogP contribution in [0.25, 0.3) is 0 Å². The van der Waals surface area contributed by atoms with E-state index in [2.05, 4.69) is 0 Å². The lowest BCUT2D eigenvalue weighted by molar-refractivity contribution is -0.142. The van der Waals surface area contributed by atoms with Gasteiger partial charge < -0.3 is 14.1 Å². The Balaban J connectivity index is 1.74. The van der Waals surface area contributed by atoms with Crippen LogP contribution in [0.3, 0.4) is 0 Å². The van der Waals surface area contributed by atoms with Crippen molar-refractivity contribution in [3.05, 3.63) is 60.1 Å². The molecule has 4 heteroatoms. The molecule has 1 fully saturated rings. The number of furan rings is 1. The number of carbonyl (C=O) groups excluding carboxylic acids is 1. The van der Waals surface area contributed by atoms with Gasteiger partial charge in [-0.1, -0.05) is 30.3 Å². The molecule has 1 saturated heterocycles. The van der Waals surface area contributed by atoms with Crippen molar-refractivity contribution in [2.24, 2.45) is 0 Å². The summed E-state index contributed by atoms with van der Waals surface area (Å²) in [7, 11) is 0. The summed E-state index contributed by atoms with van der Waals surface area (Å²) in [5.41, 5.74) is 1.11. The predicted octanol–water partition coefficient (Wildman–Crippen LogP) is 2.99. The molecule has 1 amide bonds. The molecule has 21 heavy (non-hydrogen) atoms. The fraction of sp³-hybridized carbons (Fsp3) is 0.353. The highest BCUT2D eigenvalue weighted by Gasteiger charge is 2.28. The van der Waals surface area contributed by atoms with Crippen LogP contribution in [0.2, 0.25) is 0 Å². The highest BCUT2D eigenvalue weighted by molar-refractivity contribution is 5.81. The zero-order valence-corrected chi connectivity index (χ0v) is 11.9. The van der Waals surface area contributed by atoms with Gasteiger partial charge in [0, 0.05) is 13.2 Å². The Morgan fingerprint density at radius 3 is 2.67 bits per heavy atom. The third-order valence-corrected chi connectivity index (χ3v) is 3.66. The molecule has 2 heterocycles. The molecule has 0 saturated carbocycles. The van der Waals surface area contributed by atoms with Crippen molar-refractivity contribution in [1.82, 2.24) is 4.90 Å². The molecule has 1 unspecified atom stereocenters. The van der Waals surface area contributed by atoms with Crippen LogP contribution < -0.4 is 0 Å². The minimum absolute atomic E-state index is 0.0488. The van der Waals surface area contributed by atoms with Gasteiger partial charge >= 0.3 is 0 Å². The van der Waals surface area contributed by atoms with Gasteiger partial charge in [0.2, 0.25) is 0 Å². The highest BCUT2D eigenvalue weighted by atomic mass is 16.5. The molecule has 110 valence electrons. The fourth-order valence-corrected chi connectivity index (χ4v) is 2.58. The molecule has 0 aliphatic carbocycles. The molecule has 1 atom stereocenters. The maximum atomic E-state index is 12.6. The third kappa shape index (κ3) is 3.52. The van der Waals surface area contributed by atoms with Crippen LogP contribution in [-0.2, 0) is 22.6 Å². The highest BCUT2D eigenvalue weighted by Crippen LogP contribution is 2.18. The van der Waals surface area contributed by atoms with E-state index in [1.165, 1.54) is 0 Å². The largest absolute Gasteiger partial charge is 0.467 e. The quantitative estimate of drug-likeness (QED) is 0.848. The zero-order chi connectivity index (χ0) is 14.5. The first-order valence-corrected chi connectivity index (χ1v) is 7.29. The Morgan fingerprint density at radius 2 is 2.00 bits per heavy atom. The second-order valence-electron chi connectivity index (χ2n) is 5.26. The minimum atomic E-state index is -0.302. The summed E-state index contributed by atoms with van der Waals surface area (Å²) in [6, 6.07) is 13.7. The van der Waals surface area contributed by atoms with E-state index in [0.717, 1.165) is 24.2 Å². The maximum Gasteiger partial charge on any atom is 0.252 e. The molecule has 1 aliphatic rings. The number of hydrogen-bond donors (Lipinski definition) is 0. The van der Waals surface area contributed by atoms with E-state index in [1.54, 1.807) is 6.26 Å². The van der Waals surface area contributed by atoms with Crippen LogP contribution in [0.15, 0.2) is 53.1 Å². The van der Waals surface area contributed by atoms with Crippen LogP contribution in [-0.4, -0.2) is 23.5 Å². The second kappa shape index (κ2) is 6.59. The molecule has 3 rings (SSSR count). The van der Waals surface area contributed by atoms with E-state index in [0.29, 0.717) is 19.7 Å². The van der Waals surface area contributed by atoms with Crippen molar-refractivity contribution in [3.63, 3.8) is 0 Å². The molecule has 4 nitrogen and oxygen atoms in total. The maximum absolute atomic E-state index is 12.6. The molecule has 0 radical (unpaired) electrons. The standard InChI is InChI=1S/C17H19NO3/c19-17(16-9-5-11-21-16)18(13-15-8-4-10-20-15)12-14-6-2-1-3-7-14/h1-4,6-8,10,16H,5,9,11-13H2. The summed E-state index contributed by atoms with van der Waals surface area (Å²) in [5, 5.41) is 0. The zero-order valence-electron chi connectivity index (χ0n) is 11.9. The first-order valence-electron chi connectivity index (χ1n) is 7.29. The van der Waals surface area contributed by atoms with Crippen LogP contribution >= 0.6 is 0 Å². The first-order chi connectivity index (χ1) is 10.3. The van der Waals surface area contributed by atoms with Gasteiger partial charge in [0.05, 0.1) is 12.8 Å². The van der Waals surface area contributed by atoms with Crippen LogP contribution in [0.1, 0.15) is 24.2 Å². The average Bonchev–Trinajstić information content (AvgIpc) is 3.20. The SMILES string of the molecule is O=C(C1CCCO1)N(Cc1ccccc1)Cc1ccco1. The molecule has 1 aromatic carbocycles. The number of ether oxygens (including phenoxy) is 1. The monoisotopic (exact) mass is 285 g/mol. The van der Waals surface area contributed by atoms with Crippen molar-refractivity contribution >= 4 is 5.91 Å². The van der Waals surface area contributed by atoms with E-state index in [1.807, 2.05) is 47.4 Å². The smallest absolute Gasteiger partial charge is 0.252 e. The summed E-state index contributed by atoms with van der Waals surface area (Å²) in [6.07, 6.45) is 3.09. The molecule has 2 aromatic rings. The molecular weight excluding hydrogens is 266 g/mol. The lowest BCUT2D eigenvalue weighted by Crippen LogP contribution is -2.38. The molecule has 0 spiro atoms. The second-order valence-corrected chi connectivity index (χ2v) is 5.26. The van der Waals surface area contributed by atoms with Gasteiger partial charge in [-0.3, -0.25) is 4.79 Å². The Hall–Kier alpha value is -2.07. The first kappa shape index (κ1) is 13.9. The van der Waals surface area contributed by atoms with Crippen LogP contribution in [0.5, 0.6) is 0 Å². The van der Waals surface area contributed by atoms with Gasteiger partial charge in [-0.25, -0.2) is 0 Å². The summed E-state index contributed by atoms with van der Waals surface area (Å²) in [5.74, 6) is 0.838. The number of hydrogen-bond acceptors (Lipinski definition) is 3. The summed E-state index contributed by atoms with van der Waals surface area (Å²) in [6.45, 7) is 1.72. The van der Waals surface area contributed by atoms with Gasteiger partial charge in [-0.15, -0.1) is 0 Å². The Bertz CT molecular complexity index is 559. The van der Waals surface area contributed by atoms with Gasteiger partial charge in [0.1, 0.15) is 11.9 Å². The Labute approximate surface area is 124 Å². The Kier molecular flexibility index (Phi) is 4.36. The topological polar surface area (TPSA) is 42.7 Å². The normalized spacial score (nSPS) is 17.8. The van der Waals surface area contributed by atoms with Crippen LogP contribution in [0.4, 0.5) is 0 Å². The van der Waals surface area contributed by atoms with E-state index < -0.39 is 0 Å². The molecule has 1 aromatic heterocycles. The summed E-state index contributed by atoms with van der Waals surface area (Å²) in [4.78, 5) is 14.4. The lowest BCUT2D eigenvalue weighted by atomic mass is 10.1. The Morgan fingerprint density at radius 1 is 1.14 bits per heavy atom. The number of rotatable bonds is 5. The summed E-state index contributed by atoms with van der Waals surface area (Å²) < 4.78 is 10.9. The van der Waals surface area contributed by atoms with E-state index >= 15 is 0 Å². The summed E-state index contributed by atoms with van der Waals surface area (Å²) >= 11 is 0. The lowest BCUT2D eigenvalue weighted by Gasteiger charge is -2.24. The number of carbonyl (C=O) groups is 1. The van der Waals surface area contributed by atoms with Crippen LogP contribution in [0, 0.1) is 0 Å². The number of nitrogens with zero attached hydrogens (tertiary/aromatic N) is 1. The van der Waals surface area contributed by atoms with Crippen molar-refractivity contribution in [3.8, 4) is 0 Å². The predicted molar refractivity (Wildman–Crippen MR) is 78.4 cm³/mol. The van der Waals surface area contributed by atoms with E-state index in [-0.39, 0.29) is 12.0 Å². The van der Waals surface area contributed by atoms with Crippen molar-refractivity contribution in [1.29, 1.82) is 0 Å². The van der Waals surface area contributed by atoms with Crippen molar-refractivity contribution < 1.29 is 13.9 Å². The third-order valence-electron chi connectivity index (χ3n) is 3.66. The molecule has 1 aliphatic heterocycles. The van der Waals surface area contributed by atoms with E-state index in [9.17, 15) is 4.79 Å². The fourth-order valence-electron chi connectivity index (χ4n) is 2.58. The molecule has 0 bridgehead atoms. The van der Waals surface area contributed by atoms with Gasteiger partial charge in [-0.2, -0.15) is 0 Å². The minimum Gasteiger partial charge on any atom is -0.467 e.